The SMILES string of the molecule is COc1cc(C)ccc1OCC(=O)NCCCC(C)CO. The predicted molar refractivity (Wildman–Crippen MR) is 81.7 cm³/mol. The number of aliphatic hydroxyl groups is 1. The number of hydrogen-bond donors (Lipinski definition) is 2. The predicted octanol–water partition coefficient (Wildman–Crippen LogP) is 1.91. The highest BCUT2D eigenvalue weighted by Crippen LogP contribution is 2.27. The second-order valence-corrected chi connectivity index (χ2v) is 5.22. The van der Waals surface area contributed by atoms with Crippen LogP contribution in [-0.2, 0) is 4.79 Å². The topological polar surface area (TPSA) is 67.8 Å². The zero-order chi connectivity index (χ0) is 15.7. The molecule has 1 rings (SSSR count). The van der Waals surface area contributed by atoms with Gasteiger partial charge >= 0.3 is 0 Å². The fourth-order valence-corrected chi connectivity index (χ4v) is 1.86. The van der Waals surface area contributed by atoms with E-state index in [0.29, 0.717) is 18.0 Å². The molecule has 0 radical (unpaired) electrons. The standard InChI is InChI=1S/C16H25NO4/c1-12-6-7-14(15(9-12)20-3)21-11-16(19)17-8-4-5-13(2)10-18/h6-7,9,13,18H,4-5,8,10-11H2,1-3H3,(H,17,19). The molecule has 1 aromatic rings. The van der Waals surface area contributed by atoms with E-state index in [0.717, 1.165) is 18.4 Å². The van der Waals surface area contributed by atoms with Crippen LogP contribution < -0.4 is 14.8 Å². The number of aryl methyl sites for hydroxylation is 1. The molecule has 1 unspecified atom stereocenters. The van der Waals surface area contributed by atoms with Crippen molar-refractivity contribution >= 4 is 5.91 Å². The van der Waals surface area contributed by atoms with Crippen molar-refractivity contribution in [3.63, 3.8) is 0 Å². The molecule has 5 heteroatoms. The van der Waals surface area contributed by atoms with Crippen LogP contribution in [0.25, 0.3) is 0 Å². The van der Waals surface area contributed by atoms with E-state index in [-0.39, 0.29) is 25.0 Å². The van der Waals surface area contributed by atoms with Crippen molar-refractivity contribution in [3.8, 4) is 11.5 Å². The lowest BCUT2D eigenvalue weighted by atomic mass is 10.1. The van der Waals surface area contributed by atoms with Crippen LogP contribution in [0.4, 0.5) is 0 Å². The average Bonchev–Trinajstić information content (AvgIpc) is 2.49. The molecule has 0 saturated heterocycles. The Morgan fingerprint density at radius 3 is 2.81 bits per heavy atom. The van der Waals surface area contributed by atoms with Crippen molar-refractivity contribution in [1.82, 2.24) is 5.32 Å². The Balaban J connectivity index is 2.30. The van der Waals surface area contributed by atoms with Crippen LogP contribution in [0.2, 0.25) is 0 Å². The minimum atomic E-state index is -0.158. The minimum absolute atomic E-state index is 0.0328. The molecule has 0 saturated carbocycles. The first-order valence-corrected chi connectivity index (χ1v) is 7.21. The molecule has 1 amide bonds. The molecule has 0 bridgehead atoms. The summed E-state index contributed by atoms with van der Waals surface area (Å²) in [4.78, 5) is 11.7. The van der Waals surface area contributed by atoms with Crippen LogP contribution >= 0.6 is 0 Å². The first kappa shape index (κ1) is 17.3. The fraction of sp³-hybridized carbons (Fsp3) is 0.562. The van der Waals surface area contributed by atoms with Crippen LogP contribution in [0.15, 0.2) is 18.2 Å². The smallest absolute Gasteiger partial charge is 0.257 e. The molecule has 1 aromatic carbocycles. The number of aliphatic hydroxyl groups excluding tert-OH is 1. The van der Waals surface area contributed by atoms with E-state index in [4.69, 9.17) is 14.6 Å². The van der Waals surface area contributed by atoms with E-state index in [1.54, 1.807) is 13.2 Å². The van der Waals surface area contributed by atoms with Gasteiger partial charge in [0.05, 0.1) is 7.11 Å². The van der Waals surface area contributed by atoms with Gasteiger partial charge in [-0.3, -0.25) is 4.79 Å². The lowest BCUT2D eigenvalue weighted by Crippen LogP contribution is -2.30. The molecular weight excluding hydrogens is 270 g/mol. The molecule has 0 aliphatic carbocycles. The third kappa shape index (κ3) is 6.49. The summed E-state index contributed by atoms with van der Waals surface area (Å²) in [6, 6.07) is 5.57. The maximum Gasteiger partial charge on any atom is 0.257 e. The average molecular weight is 295 g/mol. The van der Waals surface area contributed by atoms with Crippen LogP contribution in [-0.4, -0.2) is 37.9 Å². The van der Waals surface area contributed by atoms with Gasteiger partial charge in [-0.2, -0.15) is 0 Å². The van der Waals surface area contributed by atoms with Gasteiger partial charge in [0.25, 0.3) is 5.91 Å². The maximum absolute atomic E-state index is 11.7. The number of nitrogens with one attached hydrogen (secondary N) is 1. The summed E-state index contributed by atoms with van der Waals surface area (Å²) in [6.45, 7) is 4.69. The number of ether oxygens (including phenoxy) is 2. The highest BCUT2D eigenvalue weighted by atomic mass is 16.5. The van der Waals surface area contributed by atoms with Gasteiger partial charge in [0.2, 0.25) is 0 Å². The summed E-state index contributed by atoms with van der Waals surface area (Å²) in [7, 11) is 1.57. The third-order valence-corrected chi connectivity index (χ3v) is 3.19. The molecule has 1 atom stereocenters. The van der Waals surface area contributed by atoms with Gasteiger partial charge in [-0.1, -0.05) is 13.0 Å². The Morgan fingerprint density at radius 1 is 1.38 bits per heavy atom. The Kier molecular flexibility index (Phi) is 7.61. The summed E-state index contributed by atoms with van der Waals surface area (Å²) in [5.74, 6) is 1.30. The maximum atomic E-state index is 11.7. The molecule has 0 spiro atoms. The molecule has 0 aromatic heterocycles. The number of methoxy groups -OCH3 is 1. The van der Waals surface area contributed by atoms with Crippen LogP contribution in [0, 0.1) is 12.8 Å². The molecule has 0 aliphatic rings. The van der Waals surface area contributed by atoms with Crippen LogP contribution in [0.1, 0.15) is 25.3 Å². The monoisotopic (exact) mass is 295 g/mol. The van der Waals surface area contributed by atoms with Crippen LogP contribution in [0.5, 0.6) is 11.5 Å². The van der Waals surface area contributed by atoms with Gasteiger partial charge in [0, 0.05) is 13.2 Å². The second-order valence-electron chi connectivity index (χ2n) is 5.22. The Hall–Kier alpha value is -1.75. The van der Waals surface area contributed by atoms with E-state index < -0.39 is 0 Å². The molecule has 21 heavy (non-hydrogen) atoms. The van der Waals surface area contributed by atoms with E-state index in [9.17, 15) is 4.79 Å². The largest absolute Gasteiger partial charge is 0.493 e. The molecule has 118 valence electrons. The third-order valence-electron chi connectivity index (χ3n) is 3.19. The number of hydrogen-bond acceptors (Lipinski definition) is 4. The fourth-order valence-electron chi connectivity index (χ4n) is 1.86. The lowest BCUT2D eigenvalue weighted by molar-refractivity contribution is -0.123. The van der Waals surface area contributed by atoms with Crippen molar-refractivity contribution in [1.29, 1.82) is 0 Å². The first-order valence-electron chi connectivity index (χ1n) is 7.21. The van der Waals surface area contributed by atoms with Gasteiger partial charge in [-0.25, -0.2) is 0 Å². The van der Waals surface area contributed by atoms with Gasteiger partial charge in [-0.15, -0.1) is 0 Å². The summed E-state index contributed by atoms with van der Waals surface area (Å²) in [5.41, 5.74) is 1.07. The molecule has 0 heterocycles. The van der Waals surface area contributed by atoms with Crippen molar-refractivity contribution in [2.24, 2.45) is 5.92 Å². The molecule has 0 aliphatic heterocycles. The number of rotatable bonds is 9. The second kappa shape index (κ2) is 9.23. The number of amides is 1. The molecule has 2 N–H and O–H groups in total. The normalized spacial score (nSPS) is 11.8. The summed E-state index contributed by atoms with van der Waals surface area (Å²) in [5, 5.41) is 11.7. The summed E-state index contributed by atoms with van der Waals surface area (Å²) < 4.78 is 10.7. The Labute approximate surface area is 126 Å². The number of benzene rings is 1. The van der Waals surface area contributed by atoms with E-state index in [1.807, 2.05) is 26.0 Å². The van der Waals surface area contributed by atoms with Crippen molar-refractivity contribution < 1.29 is 19.4 Å². The Bertz CT molecular complexity index is 448. The van der Waals surface area contributed by atoms with E-state index >= 15 is 0 Å². The van der Waals surface area contributed by atoms with Gasteiger partial charge in [-0.05, 0) is 43.4 Å². The number of carbonyl (C=O) groups excluding carboxylic acids is 1. The summed E-state index contributed by atoms with van der Waals surface area (Å²) in [6.07, 6.45) is 1.74. The van der Waals surface area contributed by atoms with Crippen molar-refractivity contribution in [2.75, 3.05) is 26.9 Å². The quantitative estimate of drug-likeness (QED) is 0.683. The van der Waals surface area contributed by atoms with Gasteiger partial charge in [0.1, 0.15) is 0 Å². The zero-order valence-electron chi connectivity index (χ0n) is 13.0. The van der Waals surface area contributed by atoms with Gasteiger partial charge < -0.3 is 19.9 Å². The van der Waals surface area contributed by atoms with Gasteiger partial charge in [0.15, 0.2) is 18.1 Å². The minimum Gasteiger partial charge on any atom is -0.493 e. The molecule has 5 nitrogen and oxygen atoms in total. The van der Waals surface area contributed by atoms with E-state index in [1.165, 1.54) is 0 Å². The van der Waals surface area contributed by atoms with Crippen molar-refractivity contribution in [3.05, 3.63) is 23.8 Å². The number of carbonyl (C=O) groups is 1. The highest BCUT2D eigenvalue weighted by molar-refractivity contribution is 5.77. The van der Waals surface area contributed by atoms with Crippen LogP contribution in [0.3, 0.4) is 0 Å². The first-order chi connectivity index (χ1) is 10.1. The van der Waals surface area contributed by atoms with Crippen molar-refractivity contribution in [2.45, 2.75) is 26.7 Å². The van der Waals surface area contributed by atoms with E-state index in [2.05, 4.69) is 5.32 Å². The highest BCUT2D eigenvalue weighted by Gasteiger charge is 2.07. The summed E-state index contributed by atoms with van der Waals surface area (Å²) >= 11 is 0. The molecular formula is C16H25NO4. The lowest BCUT2D eigenvalue weighted by Gasteiger charge is -2.12. The Morgan fingerprint density at radius 2 is 2.14 bits per heavy atom. The zero-order valence-corrected chi connectivity index (χ0v) is 13.0. The molecule has 0 fully saturated rings.